The van der Waals surface area contributed by atoms with Crippen molar-refractivity contribution in [3.63, 3.8) is 0 Å². The van der Waals surface area contributed by atoms with Crippen molar-refractivity contribution in [3.8, 4) is 0 Å². The summed E-state index contributed by atoms with van der Waals surface area (Å²) in [6, 6.07) is 0. The van der Waals surface area contributed by atoms with E-state index >= 15 is 0 Å². The molecule has 1 unspecified atom stereocenters. The van der Waals surface area contributed by atoms with E-state index in [1.54, 1.807) is 0 Å². The number of ether oxygens (including phenoxy) is 2. The molecule has 4 nitrogen and oxygen atoms in total. The Labute approximate surface area is 102 Å². The molecule has 2 fully saturated rings. The lowest BCUT2D eigenvalue weighted by Gasteiger charge is -2.33. The quantitative estimate of drug-likeness (QED) is 0.803. The zero-order valence-corrected chi connectivity index (χ0v) is 10.3. The molecule has 17 heavy (non-hydrogen) atoms. The van der Waals surface area contributed by atoms with Crippen molar-refractivity contribution >= 4 is 5.97 Å². The third-order valence-corrected chi connectivity index (χ3v) is 4.11. The lowest BCUT2D eigenvalue weighted by Crippen LogP contribution is -2.37. The van der Waals surface area contributed by atoms with Gasteiger partial charge < -0.3 is 14.6 Å². The second-order valence-corrected chi connectivity index (χ2v) is 5.23. The van der Waals surface area contributed by atoms with Crippen molar-refractivity contribution in [2.75, 3.05) is 19.8 Å². The maximum Gasteiger partial charge on any atom is 0.309 e. The Hall–Kier alpha value is -0.610. The number of rotatable bonds is 5. The van der Waals surface area contributed by atoms with E-state index in [2.05, 4.69) is 0 Å². The van der Waals surface area contributed by atoms with Crippen LogP contribution in [0.25, 0.3) is 0 Å². The Morgan fingerprint density at radius 1 is 1.29 bits per heavy atom. The molecule has 0 bridgehead atoms. The van der Waals surface area contributed by atoms with Gasteiger partial charge in [-0.1, -0.05) is 0 Å². The number of carboxylic acid groups (broad SMARTS) is 1. The average molecular weight is 242 g/mol. The van der Waals surface area contributed by atoms with Gasteiger partial charge in [-0.05, 0) is 44.9 Å². The van der Waals surface area contributed by atoms with Gasteiger partial charge in [0.1, 0.15) is 0 Å². The minimum atomic E-state index is -0.645. The minimum absolute atomic E-state index is 0.376. The maximum atomic E-state index is 11.4. The topological polar surface area (TPSA) is 55.8 Å². The third kappa shape index (κ3) is 3.19. The molecule has 1 N–H and O–H groups in total. The number of hydrogen-bond donors (Lipinski definition) is 1. The van der Waals surface area contributed by atoms with Gasteiger partial charge in [0.05, 0.1) is 11.5 Å². The fourth-order valence-electron chi connectivity index (χ4n) is 2.87. The largest absolute Gasteiger partial charge is 0.481 e. The first kappa shape index (κ1) is 12.8. The van der Waals surface area contributed by atoms with Gasteiger partial charge in [0.2, 0.25) is 0 Å². The van der Waals surface area contributed by atoms with E-state index in [-0.39, 0.29) is 0 Å². The van der Waals surface area contributed by atoms with Crippen LogP contribution in [0.1, 0.15) is 44.9 Å². The molecule has 2 heterocycles. The van der Waals surface area contributed by atoms with Gasteiger partial charge in [0.25, 0.3) is 0 Å². The van der Waals surface area contributed by atoms with Crippen LogP contribution in [0.15, 0.2) is 0 Å². The Balaban J connectivity index is 1.78. The number of aliphatic carboxylic acids is 1. The molecule has 0 aromatic heterocycles. The molecule has 0 aliphatic carbocycles. The van der Waals surface area contributed by atoms with Crippen molar-refractivity contribution < 1.29 is 19.4 Å². The van der Waals surface area contributed by atoms with Crippen molar-refractivity contribution in [2.24, 2.45) is 5.41 Å². The summed E-state index contributed by atoms with van der Waals surface area (Å²) < 4.78 is 10.8. The highest BCUT2D eigenvalue weighted by molar-refractivity contribution is 5.74. The fourth-order valence-corrected chi connectivity index (χ4v) is 2.87. The molecule has 4 heteroatoms. The van der Waals surface area contributed by atoms with Gasteiger partial charge in [-0.25, -0.2) is 0 Å². The second-order valence-electron chi connectivity index (χ2n) is 5.23. The van der Waals surface area contributed by atoms with Crippen LogP contribution in [0.3, 0.4) is 0 Å². The lowest BCUT2D eigenvalue weighted by atomic mass is 9.76. The van der Waals surface area contributed by atoms with E-state index < -0.39 is 11.4 Å². The maximum absolute atomic E-state index is 11.4. The number of carbonyl (C=O) groups is 1. The minimum Gasteiger partial charge on any atom is -0.481 e. The van der Waals surface area contributed by atoms with Gasteiger partial charge in [-0.3, -0.25) is 4.79 Å². The van der Waals surface area contributed by atoms with E-state index in [9.17, 15) is 9.90 Å². The molecular formula is C13H22O4. The summed E-state index contributed by atoms with van der Waals surface area (Å²) in [5.41, 5.74) is -0.531. The van der Waals surface area contributed by atoms with Crippen LogP contribution >= 0.6 is 0 Å². The molecule has 2 aliphatic heterocycles. The van der Waals surface area contributed by atoms with Crippen molar-refractivity contribution in [1.29, 1.82) is 0 Å². The van der Waals surface area contributed by atoms with Crippen molar-refractivity contribution in [1.82, 2.24) is 0 Å². The van der Waals surface area contributed by atoms with Gasteiger partial charge in [-0.15, -0.1) is 0 Å². The van der Waals surface area contributed by atoms with Gasteiger partial charge in [-0.2, -0.15) is 0 Å². The molecule has 98 valence electrons. The van der Waals surface area contributed by atoms with Crippen molar-refractivity contribution in [3.05, 3.63) is 0 Å². The third-order valence-electron chi connectivity index (χ3n) is 4.11. The molecule has 1 atom stereocenters. The first-order chi connectivity index (χ1) is 8.23. The monoisotopic (exact) mass is 242 g/mol. The zero-order valence-electron chi connectivity index (χ0n) is 10.3. The van der Waals surface area contributed by atoms with Crippen LogP contribution in [0.2, 0.25) is 0 Å². The van der Waals surface area contributed by atoms with Crippen LogP contribution in [0.5, 0.6) is 0 Å². The average Bonchev–Trinajstić information content (AvgIpc) is 2.83. The molecule has 2 rings (SSSR count). The molecule has 0 aromatic carbocycles. The highest BCUT2D eigenvalue weighted by Crippen LogP contribution is 2.36. The number of carboxylic acids is 1. The van der Waals surface area contributed by atoms with E-state index in [0.717, 1.165) is 38.7 Å². The molecule has 2 saturated heterocycles. The molecule has 2 aliphatic rings. The van der Waals surface area contributed by atoms with Crippen LogP contribution < -0.4 is 0 Å². The Morgan fingerprint density at radius 2 is 2.06 bits per heavy atom. The molecule has 0 radical (unpaired) electrons. The first-order valence-corrected chi connectivity index (χ1v) is 6.66. The predicted octanol–water partition coefficient (Wildman–Crippen LogP) is 2.22. The Kier molecular flexibility index (Phi) is 4.40. The first-order valence-electron chi connectivity index (χ1n) is 6.66. The Morgan fingerprint density at radius 3 is 2.65 bits per heavy atom. The van der Waals surface area contributed by atoms with Crippen LogP contribution in [-0.2, 0) is 14.3 Å². The van der Waals surface area contributed by atoms with Crippen LogP contribution in [-0.4, -0.2) is 37.0 Å². The normalized spacial score (nSPS) is 28.1. The zero-order chi connectivity index (χ0) is 12.1. The lowest BCUT2D eigenvalue weighted by molar-refractivity contribution is -0.155. The SMILES string of the molecule is O=C(O)C1(CCCC2CCCO2)CCOCC1. The highest BCUT2D eigenvalue weighted by Gasteiger charge is 2.39. The van der Waals surface area contributed by atoms with E-state index in [0.29, 0.717) is 32.2 Å². The summed E-state index contributed by atoms with van der Waals surface area (Å²) in [5, 5.41) is 9.39. The van der Waals surface area contributed by atoms with E-state index in [1.807, 2.05) is 0 Å². The summed E-state index contributed by atoms with van der Waals surface area (Å²) in [5.74, 6) is -0.645. The fraction of sp³-hybridized carbons (Fsp3) is 0.923. The molecule has 0 aromatic rings. The van der Waals surface area contributed by atoms with Crippen LogP contribution in [0.4, 0.5) is 0 Å². The standard InChI is InChI=1S/C13H22O4/c14-12(15)13(6-9-16-10-7-13)5-1-3-11-4-2-8-17-11/h11H,1-10H2,(H,14,15). The molecule has 0 amide bonds. The summed E-state index contributed by atoms with van der Waals surface area (Å²) >= 11 is 0. The van der Waals surface area contributed by atoms with Gasteiger partial charge in [0, 0.05) is 19.8 Å². The summed E-state index contributed by atoms with van der Waals surface area (Å²) in [4.78, 5) is 11.4. The second kappa shape index (κ2) is 5.83. The predicted molar refractivity (Wildman–Crippen MR) is 62.9 cm³/mol. The summed E-state index contributed by atoms with van der Waals surface area (Å²) in [6.45, 7) is 2.06. The summed E-state index contributed by atoms with van der Waals surface area (Å²) in [7, 11) is 0. The smallest absolute Gasteiger partial charge is 0.309 e. The molecule has 0 saturated carbocycles. The van der Waals surface area contributed by atoms with Gasteiger partial charge >= 0.3 is 5.97 Å². The van der Waals surface area contributed by atoms with E-state index in [1.165, 1.54) is 0 Å². The molecule has 0 spiro atoms. The number of hydrogen-bond acceptors (Lipinski definition) is 3. The Bertz CT molecular complexity index is 252. The van der Waals surface area contributed by atoms with Crippen molar-refractivity contribution in [2.45, 2.75) is 51.0 Å². The van der Waals surface area contributed by atoms with E-state index in [4.69, 9.17) is 9.47 Å². The highest BCUT2D eigenvalue weighted by atomic mass is 16.5. The molecular weight excluding hydrogens is 220 g/mol. The van der Waals surface area contributed by atoms with Crippen LogP contribution in [0, 0.1) is 5.41 Å². The summed E-state index contributed by atoms with van der Waals surface area (Å²) in [6.07, 6.45) is 6.73. The van der Waals surface area contributed by atoms with Gasteiger partial charge in [0.15, 0.2) is 0 Å².